The summed E-state index contributed by atoms with van der Waals surface area (Å²) in [6.45, 7) is 0.448. The normalized spacial score (nSPS) is 11.2. The molecule has 27 heavy (non-hydrogen) atoms. The Morgan fingerprint density at radius 3 is 2.19 bits per heavy atom. The van der Waals surface area contributed by atoms with E-state index in [-0.39, 0.29) is 11.5 Å². The van der Waals surface area contributed by atoms with Gasteiger partial charge in [0.1, 0.15) is 11.5 Å². The zero-order valence-electron chi connectivity index (χ0n) is 14.2. The standard InChI is InChI=1S/C21H16Cl3NO2/c22-15-3-1-13(19(9-15)18-6-5-17(26)11-21(18)27)7-8-25-12-14-2-4-16(23)10-20(14)24/h1-6,8-11,26-27H,7,12H2. The maximum absolute atomic E-state index is 10.2. The van der Waals surface area contributed by atoms with Crippen LogP contribution in [-0.4, -0.2) is 16.4 Å². The van der Waals surface area contributed by atoms with Crippen LogP contribution >= 0.6 is 34.8 Å². The minimum absolute atomic E-state index is 0.00114. The van der Waals surface area contributed by atoms with Crippen LogP contribution in [0.2, 0.25) is 15.1 Å². The zero-order chi connectivity index (χ0) is 19.4. The number of halogens is 3. The quantitative estimate of drug-likeness (QED) is 0.460. The summed E-state index contributed by atoms with van der Waals surface area (Å²) in [5, 5.41) is 21.4. The van der Waals surface area contributed by atoms with Crippen LogP contribution in [0.5, 0.6) is 11.5 Å². The van der Waals surface area contributed by atoms with Gasteiger partial charge in [0.15, 0.2) is 0 Å². The predicted molar refractivity (Wildman–Crippen MR) is 113 cm³/mol. The van der Waals surface area contributed by atoms with Crippen LogP contribution in [0, 0.1) is 0 Å². The molecule has 0 aromatic heterocycles. The number of benzene rings is 3. The molecule has 3 rings (SSSR count). The fourth-order valence-corrected chi connectivity index (χ4v) is 3.34. The number of phenols is 2. The first kappa shape index (κ1) is 19.6. The molecule has 0 atom stereocenters. The molecule has 0 saturated carbocycles. The van der Waals surface area contributed by atoms with E-state index < -0.39 is 0 Å². The molecule has 138 valence electrons. The van der Waals surface area contributed by atoms with Crippen molar-refractivity contribution in [1.29, 1.82) is 0 Å². The maximum Gasteiger partial charge on any atom is 0.127 e. The van der Waals surface area contributed by atoms with E-state index in [2.05, 4.69) is 4.99 Å². The maximum atomic E-state index is 10.2. The van der Waals surface area contributed by atoms with Gasteiger partial charge in [0.25, 0.3) is 0 Å². The number of phenolic OH excluding ortho intramolecular Hbond substituents is 2. The number of nitrogens with zero attached hydrogens (tertiary/aromatic N) is 1. The monoisotopic (exact) mass is 419 g/mol. The minimum Gasteiger partial charge on any atom is -0.508 e. The Balaban J connectivity index is 1.81. The van der Waals surface area contributed by atoms with Gasteiger partial charge in [-0.3, -0.25) is 4.99 Å². The second-order valence-corrected chi connectivity index (χ2v) is 7.25. The fraction of sp³-hybridized carbons (Fsp3) is 0.0952. The van der Waals surface area contributed by atoms with Crippen molar-refractivity contribution in [3.8, 4) is 22.6 Å². The van der Waals surface area contributed by atoms with Crippen LogP contribution < -0.4 is 0 Å². The molecule has 3 aromatic carbocycles. The van der Waals surface area contributed by atoms with E-state index in [9.17, 15) is 10.2 Å². The summed E-state index contributed by atoms with van der Waals surface area (Å²) in [6.07, 6.45) is 2.35. The number of hydrogen-bond donors (Lipinski definition) is 2. The third-order valence-electron chi connectivity index (χ3n) is 4.06. The van der Waals surface area contributed by atoms with E-state index in [1.54, 1.807) is 36.5 Å². The Hall–Kier alpha value is -2.20. The summed E-state index contributed by atoms with van der Waals surface area (Å²) >= 11 is 18.2. The van der Waals surface area contributed by atoms with Gasteiger partial charge in [0, 0.05) is 39.3 Å². The van der Waals surface area contributed by atoms with E-state index >= 15 is 0 Å². The van der Waals surface area contributed by atoms with E-state index in [0.717, 1.165) is 16.7 Å². The highest BCUT2D eigenvalue weighted by Crippen LogP contribution is 2.35. The van der Waals surface area contributed by atoms with Crippen molar-refractivity contribution in [2.24, 2.45) is 4.99 Å². The topological polar surface area (TPSA) is 52.8 Å². The lowest BCUT2D eigenvalue weighted by atomic mass is 9.97. The first-order valence-electron chi connectivity index (χ1n) is 8.17. The first-order valence-corrected chi connectivity index (χ1v) is 9.30. The molecule has 0 fully saturated rings. The van der Waals surface area contributed by atoms with Gasteiger partial charge in [-0.05, 0) is 53.1 Å². The molecule has 0 aliphatic carbocycles. The van der Waals surface area contributed by atoms with Gasteiger partial charge in [-0.15, -0.1) is 0 Å². The second kappa shape index (κ2) is 8.66. The molecule has 2 N–H and O–H groups in total. The second-order valence-electron chi connectivity index (χ2n) is 5.97. The van der Waals surface area contributed by atoms with Gasteiger partial charge >= 0.3 is 0 Å². The predicted octanol–water partition coefficient (Wildman–Crippen LogP) is 6.54. The molecule has 3 aromatic rings. The summed E-state index contributed by atoms with van der Waals surface area (Å²) < 4.78 is 0. The summed E-state index contributed by atoms with van der Waals surface area (Å²) in [7, 11) is 0. The van der Waals surface area contributed by atoms with Crippen LogP contribution in [0.3, 0.4) is 0 Å². The Bertz CT molecular complexity index is 1000. The molecule has 0 amide bonds. The Morgan fingerprint density at radius 2 is 1.48 bits per heavy atom. The van der Waals surface area contributed by atoms with Crippen LogP contribution in [0.4, 0.5) is 0 Å². The molecule has 6 heteroatoms. The average Bonchev–Trinajstić information content (AvgIpc) is 2.61. The third-order valence-corrected chi connectivity index (χ3v) is 4.88. The van der Waals surface area contributed by atoms with Crippen molar-refractivity contribution < 1.29 is 10.2 Å². The summed E-state index contributed by atoms with van der Waals surface area (Å²) in [6, 6.07) is 15.3. The molecule has 0 radical (unpaired) electrons. The molecular weight excluding hydrogens is 405 g/mol. The molecule has 0 heterocycles. The van der Waals surface area contributed by atoms with Gasteiger partial charge in [0.2, 0.25) is 0 Å². The third kappa shape index (κ3) is 4.95. The number of hydrogen-bond acceptors (Lipinski definition) is 3. The lowest BCUT2D eigenvalue weighted by molar-refractivity contribution is 0.452. The van der Waals surface area contributed by atoms with Crippen LogP contribution in [0.1, 0.15) is 11.1 Å². The van der Waals surface area contributed by atoms with E-state index in [0.29, 0.717) is 33.6 Å². The Morgan fingerprint density at radius 1 is 0.778 bits per heavy atom. The first-order chi connectivity index (χ1) is 12.9. The van der Waals surface area contributed by atoms with E-state index in [4.69, 9.17) is 34.8 Å². The van der Waals surface area contributed by atoms with Crippen molar-refractivity contribution in [3.05, 3.63) is 80.8 Å². The molecule has 3 nitrogen and oxygen atoms in total. The van der Waals surface area contributed by atoms with E-state index in [1.807, 2.05) is 12.1 Å². The van der Waals surface area contributed by atoms with Crippen LogP contribution in [0.25, 0.3) is 11.1 Å². The smallest absolute Gasteiger partial charge is 0.127 e. The molecule has 0 aliphatic rings. The number of aromatic hydroxyl groups is 2. The number of rotatable bonds is 5. The lowest BCUT2D eigenvalue weighted by Gasteiger charge is -2.11. The average molecular weight is 421 g/mol. The van der Waals surface area contributed by atoms with Gasteiger partial charge in [-0.2, -0.15) is 0 Å². The molecule has 0 bridgehead atoms. The summed E-state index contributed by atoms with van der Waals surface area (Å²) in [5.74, 6) is -0.00960. The highest BCUT2D eigenvalue weighted by atomic mass is 35.5. The van der Waals surface area contributed by atoms with E-state index in [1.165, 1.54) is 12.1 Å². The highest BCUT2D eigenvalue weighted by molar-refractivity contribution is 6.35. The van der Waals surface area contributed by atoms with Gasteiger partial charge < -0.3 is 10.2 Å². The van der Waals surface area contributed by atoms with Gasteiger partial charge in [-0.25, -0.2) is 0 Å². The van der Waals surface area contributed by atoms with Crippen LogP contribution in [-0.2, 0) is 13.0 Å². The van der Waals surface area contributed by atoms with Gasteiger partial charge in [0.05, 0.1) is 6.54 Å². The molecule has 0 spiro atoms. The van der Waals surface area contributed by atoms with Crippen molar-refractivity contribution in [2.45, 2.75) is 13.0 Å². The summed E-state index contributed by atoms with van der Waals surface area (Å²) in [5.41, 5.74) is 3.23. The van der Waals surface area contributed by atoms with Crippen LogP contribution in [0.15, 0.2) is 59.6 Å². The molecule has 0 aliphatic heterocycles. The summed E-state index contributed by atoms with van der Waals surface area (Å²) in [4.78, 5) is 4.43. The van der Waals surface area contributed by atoms with Gasteiger partial charge in [-0.1, -0.05) is 46.9 Å². The Labute approximate surface area is 172 Å². The molecular formula is C21H16Cl3NO2. The fourth-order valence-electron chi connectivity index (χ4n) is 2.70. The van der Waals surface area contributed by atoms with Crippen molar-refractivity contribution >= 4 is 41.0 Å². The molecule has 0 unspecified atom stereocenters. The number of aliphatic imine (C=N–C) groups is 1. The highest BCUT2D eigenvalue weighted by Gasteiger charge is 2.10. The SMILES string of the molecule is Oc1ccc(-c2cc(Cl)ccc2CC=NCc2ccc(Cl)cc2Cl)c(O)c1. The van der Waals surface area contributed by atoms with Crippen molar-refractivity contribution in [3.63, 3.8) is 0 Å². The molecule has 0 saturated heterocycles. The van der Waals surface area contributed by atoms with Crippen molar-refractivity contribution in [1.82, 2.24) is 0 Å². The Kier molecular flexibility index (Phi) is 6.27. The van der Waals surface area contributed by atoms with Crippen molar-refractivity contribution in [2.75, 3.05) is 0 Å². The zero-order valence-corrected chi connectivity index (χ0v) is 16.4. The minimum atomic E-state index is -0.0107. The largest absolute Gasteiger partial charge is 0.508 e. The lowest BCUT2D eigenvalue weighted by Crippen LogP contribution is -1.93.